The van der Waals surface area contributed by atoms with E-state index in [0.29, 0.717) is 12.1 Å². The van der Waals surface area contributed by atoms with Gasteiger partial charge in [0.15, 0.2) is 0 Å². The fraction of sp³-hybridized carbons (Fsp3) is 0.235. The summed E-state index contributed by atoms with van der Waals surface area (Å²) in [6.07, 6.45) is 1.52. The van der Waals surface area contributed by atoms with Gasteiger partial charge in [-0.1, -0.05) is 43.1 Å². The van der Waals surface area contributed by atoms with Crippen molar-refractivity contribution in [2.24, 2.45) is 0 Å². The van der Waals surface area contributed by atoms with Crippen molar-refractivity contribution >= 4 is 33.3 Å². The minimum atomic E-state index is -4.12. The van der Waals surface area contributed by atoms with E-state index in [2.05, 4.69) is 0 Å². The number of anilines is 1. The molecule has 0 bridgehead atoms. The molecule has 0 saturated carbocycles. The van der Waals surface area contributed by atoms with Gasteiger partial charge in [0.2, 0.25) is 0 Å². The van der Waals surface area contributed by atoms with E-state index in [-0.39, 0.29) is 22.1 Å². The van der Waals surface area contributed by atoms with E-state index in [0.717, 1.165) is 17.0 Å². The summed E-state index contributed by atoms with van der Waals surface area (Å²) in [6, 6.07) is 11.8. The molecule has 0 aliphatic carbocycles. The van der Waals surface area contributed by atoms with Crippen LogP contribution in [0.1, 0.15) is 30.1 Å². The van der Waals surface area contributed by atoms with E-state index in [1.807, 2.05) is 6.92 Å². The van der Waals surface area contributed by atoms with Gasteiger partial charge in [-0.05, 0) is 36.8 Å². The number of nitrogens with zero attached hydrogens (tertiary/aromatic N) is 1. The van der Waals surface area contributed by atoms with Gasteiger partial charge in [0.25, 0.3) is 10.0 Å². The third-order valence-corrected chi connectivity index (χ3v) is 5.29. The van der Waals surface area contributed by atoms with Crippen molar-refractivity contribution < 1.29 is 23.2 Å². The van der Waals surface area contributed by atoms with Crippen LogP contribution < -0.4 is 4.47 Å². The largest absolute Gasteiger partial charge is 0.478 e. The molecule has 0 saturated heterocycles. The number of carboxylic acids is 1. The molecule has 0 aliphatic heterocycles. The number of carbonyl (C=O) groups is 1. The van der Waals surface area contributed by atoms with E-state index in [9.17, 15) is 13.2 Å². The van der Waals surface area contributed by atoms with Crippen molar-refractivity contribution in [2.45, 2.75) is 24.7 Å². The second kappa shape index (κ2) is 8.33. The quantitative estimate of drug-likeness (QED) is 0.550. The predicted octanol–water partition coefficient (Wildman–Crippen LogP) is 3.97. The maximum atomic E-state index is 13.0. The minimum absolute atomic E-state index is 0.0374. The van der Waals surface area contributed by atoms with Crippen LogP contribution in [0.5, 0.6) is 0 Å². The number of aromatic carboxylic acids is 1. The summed E-state index contributed by atoms with van der Waals surface area (Å²) in [5, 5.41) is 9.12. The monoisotopic (exact) mass is 383 g/mol. The average molecular weight is 384 g/mol. The van der Waals surface area contributed by atoms with Crippen LogP contribution >= 0.6 is 11.6 Å². The Balaban J connectivity index is 2.48. The van der Waals surface area contributed by atoms with Crippen LogP contribution in [-0.4, -0.2) is 26.1 Å². The molecule has 0 heterocycles. The van der Waals surface area contributed by atoms with E-state index in [1.165, 1.54) is 12.1 Å². The van der Waals surface area contributed by atoms with Crippen LogP contribution in [0.3, 0.4) is 0 Å². The molecule has 0 unspecified atom stereocenters. The van der Waals surface area contributed by atoms with Gasteiger partial charge < -0.3 is 5.11 Å². The highest BCUT2D eigenvalue weighted by Gasteiger charge is 2.27. The summed E-state index contributed by atoms with van der Waals surface area (Å²) in [7, 11) is -4.12. The number of carboxylic acid groups (broad SMARTS) is 1. The molecular weight excluding hydrogens is 366 g/mol. The minimum Gasteiger partial charge on any atom is -0.478 e. The van der Waals surface area contributed by atoms with Gasteiger partial charge in [-0.3, -0.25) is 4.84 Å². The van der Waals surface area contributed by atoms with Crippen LogP contribution in [0.4, 0.5) is 5.69 Å². The lowest BCUT2D eigenvalue weighted by molar-refractivity contribution is 0.0696. The molecule has 0 aromatic heterocycles. The van der Waals surface area contributed by atoms with E-state index < -0.39 is 16.0 Å². The van der Waals surface area contributed by atoms with Gasteiger partial charge in [0.1, 0.15) is 0 Å². The van der Waals surface area contributed by atoms with Crippen molar-refractivity contribution in [1.82, 2.24) is 0 Å². The number of unbranched alkanes of at least 4 members (excludes halogenated alkanes) is 1. The first-order chi connectivity index (χ1) is 11.9. The Hall–Kier alpha value is -2.09. The summed E-state index contributed by atoms with van der Waals surface area (Å²) in [4.78, 5) is 16.5. The Labute approximate surface area is 151 Å². The van der Waals surface area contributed by atoms with Crippen molar-refractivity contribution in [3.05, 3.63) is 59.1 Å². The molecule has 2 aromatic carbocycles. The second-order valence-corrected chi connectivity index (χ2v) is 7.36. The molecule has 25 heavy (non-hydrogen) atoms. The van der Waals surface area contributed by atoms with Crippen molar-refractivity contribution in [1.29, 1.82) is 0 Å². The molecule has 1 N–H and O–H groups in total. The van der Waals surface area contributed by atoms with Gasteiger partial charge in [0, 0.05) is 0 Å². The Morgan fingerprint density at radius 3 is 2.48 bits per heavy atom. The van der Waals surface area contributed by atoms with Crippen LogP contribution in [0.25, 0.3) is 0 Å². The fourth-order valence-corrected chi connectivity index (χ4v) is 3.56. The van der Waals surface area contributed by atoms with Gasteiger partial charge in [-0.15, -0.1) is 4.47 Å². The average Bonchev–Trinajstić information content (AvgIpc) is 2.59. The van der Waals surface area contributed by atoms with Crippen LogP contribution in [0.15, 0.2) is 53.4 Å². The summed E-state index contributed by atoms with van der Waals surface area (Å²) in [5.74, 6) is -1.31. The Morgan fingerprint density at radius 1 is 1.20 bits per heavy atom. The standard InChI is InChI=1S/C17H18ClNO5S/c1-2-3-11-24-19(13-7-5-4-6-8-13)25(22,23)14-9-10-16(18)15(12-14)17(20)21/h4-10,12H,2-3,11H2,1H3,(H,20,21). The van der Waals surface area contributed by atoms with E-state index in [4.69, 9.17) is 21.5 Å². The van der Waals surface area contributed by atoms with Gasteiger partial charge >= 0.3 is 5.97 Å². The maximum absolute atomic E-state index is 13.0. The number of rotatable bonds is 8. The van der Waals surface area contributed by atoms with Crippen LogP contribution in [0.2, 0.25) is 5.02 Å². The lowest BCUT2D eigenvalue weighted by Crippen LogP contribution is -2.31. The number of para-hydroxylation sites is 1. The maximum Gasteiger partial charge on any atom is 0.337 e. The fourth-order valence-electron chi connectivity index (χ4n) is 2.05. The first-order valence-corrected chi connectivity index (χ1v) is 9.46. The summed E-state index contributed by atoms with van der Waals surface area (Å²) < 4.78 is 26.8. The lowest BCUT2D eigenvalue weighted by atomic mass is 10.2. The number of hydrogen-bond donors (Lipinski definition) is 1. The zero-order valence-corrected chi connectivity index (χ0v) is 15.1. The smallest absolute Gasteiger partial charge is 0.337 e. The molecule has 0 aliphatic rings. The third kappa shape index (κ3) is 4.50. The zero-order chi connectivity index (χ0) is 18.4. The molecular formula is C17H18ClNO5S. The first-order valence-electron chi connectivity index (χ1n) is 7.64. The normalized spacial score (nSPS) is 11.3. The highest BCUT2D eigenvalue weighted by Crippen LogP contribution is 2.27. The van der Waals surface area contributed by atoms with Gasteiger partial charge in [-0.2, -0.15) is 8.42 Å². The van der Waals surface area contributed by atoms with Gasteiger partial charge in [0.05, 0.1) is 27.8 Å². The van der Waals surface area contributed by atoms with Crippen molar-refractivity contribution in [3.8, 4) is 0 Å². The van der Waals surface area contributed by atoms with E-state index >= 15 is 0 Å². The molecule has 2 rings (SSSR count). The Kier molecular flexibility index (Phi) is 6.41. The first kappa shape index (κ1) is 19.2. The predicted molar refractivity (Wildman–Crippen MR) is 95.4 cm³/mol. The Bertz CT molecular complexity index is 839. The van der Waals surface area contributed by atoms with Crippen molar-refractivity contribution in [2.75, 3.05) is 11.1 Å². The number of benzene rings is 2. The highest BCUT2D eigenvalue weighted by molar-refractivity contribution is 7.92. The summed E-state index contributed by atoms with van der Waals surface area (Å²) in [6.45, 7) is 2.17. The summed E-state index contributed by atoms with van der Waals surface area (Å²) in [5.41, 5.74) is 0.0368. The van der Waals surface area contributed by atoms with Crippen LogP contribution in [0, 0.1) is 0 Å². The molecule has 2 aromatic rings. The topological polar surface area (TPSA) is 83.9 Å². The molecule has 0 amide bonds. The number of halogens is 1. The molecule has 0 fully saturated rings. The number of sulfonamides is 1. The Morgan fingerprint density at radius 2 is 1.88 bits per heavy atom. The molecule has 0 spiro atoms. The summed E-state index contributed by atoms with van der Waals surface area (Å²) >= 11 is 5.82. The third-order valence-electron chi connectivity index (χ3n) is 3.36. The molecule has 0 atom stereocenters. The molecule has 8 heteroatoms. The lowest BCUT2D eigenvalue weighted by Gasteiger charge is -2.23. The molecule has 134 valence electrons. The second-order valence-electron chi connectivity index (χ2n) is 5.20. The number of hydrogen-bond acceptors (Lipinski definition) is 4. The highest BCUT2D eigenvalue weighted by atomic mass is 35.5. The zero-order valence-electron chi connectivity index (χ0n) is 13.6. The molecule has 6 nitrogen and oxygen atoms in total. The SMILES string of the molecule is CCCCON(c1ccccc1)S(=O)(=O)c1ccc(Cl)c(C(=O)O)c1. The van der Waals surface area contributed by atoms with Gasteiger partial charge in [-0.25, -0.2) is 4.79 Å². The van der Waals surface area contributed by atoms with E-state index in [1.54, 1.807) is 30.3 Å². The van der Waals surface area contributed by atoms with Crippen molar-refractivity contribution in [3.63, 3.8) is 0 Å². The molecule has 0 radical (unpaired) electrons. The van der Waals surface area contributed by atoms with Crippen LogP contribution in [-0.2, 0) is 14.9 Å².